The van der Waals surface area contributed by atoms with E-state index in [9.17, 15) is 24.3 Å². The van der Waals surface area contributed by atoms with E-state index in [1.54, 1.807) is 35.0 Å². The highest BCUT2D eigenvalue weighted by Crippen LogP contribution is 2.40. The number of aliphatic hydroxyl groups is 1. The summed E-state index contributed by atoms with van der Waals surface area (Å²) in [6, 6.07) is 16.0. The molecule has 2 aromatic carbocycles. The largest absolute Gasteiger partial charge is 0.489 e. The minimum absolute atomic E-state index is 0.0734. The number of benzene rings is 2. The van der Waals surface area contributed by atoms with Gasteiger partial charge in [0.05, 0.1) is 11.3 Å². The summed E-state index contributed by atoms with van der Waals surface area (Å²) >= 11 is 4.87. The van der Waals surface area contributed by atoms with Crippen molar-refractivity contribution in [2.45, 2.75) is 56.7 Å². The first-order chi connectivity index (χ1) is 26.1. The molecule has 278 valence electrons. The number of rotatable bonds is 10. The molecule has 14 nitrogen and oxygen atoms in total. The van der Waals surface area contributed by atoms with Crippen molar-refractivity contribution >= 4 is 55.8 Å². The van der Waals surface area contributed by atoms with E-state index in [1.165, 1.54) is 16.9 Å². The number of aliphatic hydroxyl groups excluding tert-OH is 1. The Labute approximate surface area is 321 Å². The van der Waals surface area contributed by atoms with Crippen molar-refractivity contribution in [3.05, 3.63) is 115 Å². The number of thiazole rings is 1. The van der Waals surface area contributed by atoms with E-state index in [0.717, 1.165) is 35.7 Å². The number of likely N-dealkylation sites (N-methyl/N-ethyl adjacent to an activating group) is 1. The Bertz CT molecular complexity index is 2300. The van der Waals surface area contributed by atoms with E-state index in [1.807, 2.05) is 29.6 Å². The van der Waals surface area contributed by atoms with Gasteiger partial charge in [-0.15, -0.1) is 11.3 Å². The quantitative estimate of drug-likeness (QED) is 0.173. The SMILES string of the molecule is CN1C[C@H](Nc2nc3sccn3c(=O)c2Br)C[C@H](c2ccc(OCc3ccc(COc4cccc5c4C(=O)N(C4CCC(=O)NC4=O)C5O)nc3)cc2)C1. The number of piperidine rings is 2. The van der Waals surface area contributed by atoms with E-state index in [-0.39, 0.29) is 48.3 Å². The van der Waals surface area contributed by atoms with Crippen molar-refractivity contribution in [1.82, 2.24) is 29.5 Å². The number of hydrogen-bond donors (Lipinski definition) is 3. The molecule has 0 bridgehead atoms. The number of ether oxygens (including phenoxy) is 2. The van der Waals surface area contributed by atoms with Crippen LogP contribution in [0.25, 0.3) is 4.96 Å². The van der Waals surface area contributed by atoms with Crippen LogP contribution >= 0.6 is 27.3 Å². The molecule has 3 aliphatic rings. The number of likely N-dealkylation sites (tertiary alicyclic amines) is 1. The smallest absolute Gasteiger partial charge is 0.275 e. The zero-order valence-corrected chi connectivity index (χ0v) is 31.5. The van der Waals surface area contributed by atoms with Crippen molar-refractivity contribution in [3.63, 3.8) is 0 Å². The van der Waals surface area contributed by atoms with Crippen LogP contribution in [0.5, 0.6) is 11.5 Å². The van der Waals surface area contributed by atoms with Gasteiger partial charge in [0.1, 0.15) is 41.0 Å². The van der Waals surface area contributed by atoms with Gasteiger partial charge < -0.3 is 24.8 Å². The molecule has 16 heteroatoms. The van der Waals surface area contributed by atoms with Crippen LogP contribution in [0, 0.1) is 0 Å². The number of carbonyl (C=O) groups excluding carboxylic acids is 3. The summed E-state index contributed by atoms with van der Waals surface area (Å²) in [4.78, 5) is 63.5. The van der Waals surface area contributed by atoms with E-state index in [0.29, 0.717) is 33.1 Å². The second-order valence-electron chi connectivity index (χ2n) is 13.7. The third-order valence-electron chi connectivity index (χ3n) is 10.00. The second kappa shape index (κ2) is 14.9. The topological polar surface area (TPSA) is 168 Å². The van der Waals surface area contributed by atoms with Crippen molar-refractivity contribution < 1.29 is 29.0 Å². The average Bonchev–Trinajstić information content (AvgIpc) is 3.74. The minimum atomic E-state index is -1.33. The molecule has 0 aliphatic carbocycles. The van der Waals surface area contributed by atoms with Crippen LogP contribution in [-0.4, -0.2) is 79.2 Å². The van der Waals surface area contributed by atoms with Gasteiger partial charge in [-0.25, -0.2) is 4.98 Å². The summed E-state index contributed by atoms with van der Waals surface area (Å²) in [7, 11) is 2.10. The highest BCUT2D eigenvalue weighted by molar-refractivity contribution is 9.10. The van der Waals surface area contributed by atoms with Gasteiger partial charge in [-0.3, -0.25) is 38.8 Å². The Morgan fingerprint density at radius 3 is 2.65 bits per heavy atom. The summed E-state index contributed by atoms with van der Waals surface area (Å²) in [6.07, 6.45) is 3.22. The minimum Gasteiger partial charge on any atom is -0.489 e. The molecule has 2 saturated heterocycles. The molecule has 3 N–H and O–H groups in total. The molecule has 0 saturated carbocycles. The highest BCUT2D eigenvalue weighted by atomic mass is 79.9. The average molecular weight is 815 g/mol. The number of carbonyl (C=O) groups is 3. The Morgan fingerprint density at radius 2 is 1.87 bits per heavy atom. The number of nitrogens with zero attached hydrogens (tertiary/aromatic N) is 5. The molecule has 3 aromatic heterocycles. The molecule has 8 rings (SSSR count). The van der Waals surface area contributed by atoms with Crippen LogP contribution in [0.4, 0.5) is 5.82 Å². The molecule has 6 heterocycles. The van der Waals surface area contributed by atoms with Gasteiger partial charge in [-0.2, -0.15) is 0 Å². The van der Waals surface area contributed by atoms with Crippen molar-refractivity contribution in [1.29, 1.82) is 0 Å². The predicted molar refractivity (Wildman–Crippen MR) is 202 cm³/mol. The molecule has 4 atom stereocenters. The van der Waals surface area contributed by atoms with Gasteiger partial charge in [0.15, 0.2) is 11.2 Å². The molecule has 54 heavy (non-hydrogen) atoms. The number of nitrogens with one attached hydrogen (secondary N) is 2. The number of fused-ring (bicyclic) bond motifs is 2. The van der Waals surface area contributed by atoms with E-state index in [4.69, 9.17) is 9.47 Å². The van der Waals surface area contributed by atoms with Crippen LogP contribution in [-0.2, 0) is 22.8 Å². The summed E-state index contributed by atoms with van der Waals surface area (Å²) in [5.74, 6) is 0.317. The zero-order chi connectivity index (χ0) is 37.5. The van der Waals surface area contributed by atoms with Gasteiger partial charge in [0.2, 0.25) is 11.8 Å². The molecule has 3 aliphatic heterocycles. The third-order valence-corrected chi connectivity index (χ3v) is 11.5. The number of aromatic nitrogens is 3. The van der Waals surface area contributed by atoms with Crippen LogP contribution in [0.1, 0.15) is 64.2 Å². The Morgan fingerprint density at radius 1 is 1.04 bits per heavy atom. The maximum atomic E-state index is 13.4. The summed E-state index contributed by atoms with van der Waals surface area (Å²) < 4.78 is 14.0. The zero-order valence-electron chi connectivity index (χ0n) is 29.1. The van der Waals surface area contributed by atoms with Crippen LogP contribution in [0.15, 0.2) is 81.6 Å². The van der Waals surface area contributed by atoms with Crippen molar-refractivity contribution in [2.75, 3.05) is 25.5 Å². The van der Waals surface area contributed by atoms with Crippen LogP contribution in [0.3, 0.4) is 0 Å². The highest BCUT2D eigenvalue weighted by Gasteiger charge is 2.45. The number of anilines is 1. The summed E-state index contributed by atoms with van der Waals surface area (Å²) in [6.45, 7) is 2.13. The van der Waals surface area contributed by atoms with Crippen molar-refractivity contribution in [3.8, 4) is 11.5 Å². The summed E-state index contributed by atoms with van der Waals surface area (Å²) in [5.41, 5.74) is 3.10. The number of amides is 3. The fraction of sp³-hybridized carbons (Fsp3) is 0.316. The van der Waals surface area contributed by atoms with Gasteiger partial charge in [-0.1, -0.05) is 30.3 Å². The normalized spacial score (nSPS) is 21.6. The van der Waals surface area contributed by atoms with E-state index in [2.05, 4.69) is 60.6 Å². The first-order valence-electron chi connectivity index (χ1n) is 17.5. The second-order valence-corrected chi connectivity index (χ2v) is 15.4. The first kappa shape index (κ1) is 35.8. The van der Waals surface area contributed by atoms with Crippen LogP contribution in [0.2, 0.25) is 0 Å². The molecular formula is C38H36BrN7O7S. The lowest BCUT2D eigenvalue weighted by Crippen LogP contribution is -2.53. The monoisotopic (exact) mass is 813 g/mol. The standard InChI is InChI=1S/C38H36BrN7O7S/c1-44-17-23(15-25(18-44)41-33-32(39)37(51)45-13-14-54-38(45)43-33)22-6-9-26(10-7-22)52-19-21-5-8-24(40-16-21)20-53-29-4-2-3-27-31(29)36(50)46(35(27)49)28-11-12-30(47)42-34(28)48/h2-10,13-14,16,23,25,28,35,41,49H,11-12,15,17-20H2,1H3,(H,42,47,48)/t23-,25+,28?,35?/m0/s1. The fourth-order valence-corrected chi connectivity index (χ4v) is 8.46. The Balaban J connectivity index is 0.850. The molecule has 5 aromatic rings. The van der Waals surface area contributed by atoms with Gasteiger partial charge in [0.25, 0.3) is 11.5 Å². The third kappa shape index (κ3) is 7.09. The summed E-state index contributed by atoms with van der Waals surface area (Å²) in [5, 5.41) is 18.5. The number of pyridine rings is 1. The first-order valence-corrected chi connectivity index (χ1v) is 19.2. The molecular weight excluding hydrogens is 778 g/mol. The van der Waals surface area contributed by atoms with Gasteiger partial charge >= 0.3 is 0 Å². The van der Waals surface area contributed by atoms with Gasteiger partial charge in [0, 0.05) is 54.5 Å². The number of halogens is 1. The lowest BCUT2D eigenvalue weighted by atomic mass is 9.88. The van der Waals surface area contributed by atoms with Gasteiger partial charge in [-0.05, 0) is 71.6 Å². The van der Waals surface area contributed by atoms with Crippen molar-refractivity contribution in [2.24, 2.45) is 0 Å². The van der Waals surface area contributed by atoms with Crippen LogP contribution < -0.4 is 25.7 Å². The molecule has 3 amide bonds. The fourth-order valence-electron chi connectivity index (χ4n) is 7.36. The number of hydrogen-bond acceptors (Lipinski definition) is 12. The van der Waals surface area contributed by atoms with E-state index < -0.39 is 30.0 Å². The maximum Gasteiger partial charge on any atom is 0.275 e. The number of imide groups is 1. The predicted octanol–water partition coefficient (Wildman–Crippen LogP) is 4.22. The van der Waals surface area contributed by atoms with E-state index >= 15 is 0 Å². The molecule has 2 fully saturated rings. The lowest BCUT2D eigenvalue weighted by molar-refractivity contribution is -0.139. The molecule has 0 spiro atoms. The molecule has 0 radical (unpaired) electrons. The Kier molecular flexibility index (Phi) is 9.91. The maximum absolute atomic E-state index is 13.4. The Hall–Kier alpha value is -5.16. The lowest BCUT2D eigenvalue weighted by Gasteiger charge is -2.36. The molecule has 2 unspecified atom stereocenters.